The second-order valence-electron chi connectivity index (χ2n) is 7.94. The molecule has 2 aromatic carbocycles. The van der Waals surface area contributed by atoms with Gasteiger partial charge in [0.15, 0.2) is 11.0 Å². The van der Waals surface area contributed by atoms with Crippen molar-refractivity contribution in [2.24, 2.45) is 5.92 Å². The number of hydrogen-bond donors (Lipinski definition) is 0. The molecule has 0 N–H and O–H groups in total. The van der Waals surface area contributed by atoms with Gasteiger partial charge in [0.25, 0.3) is 0 Å². The Morgan fingerprint density at radius 3 is 2.57 bits per heavy atom. The van der Waals surface area contributed by atoms with Gasteiger partial charge in [-0.25, -0.2) is 0 Å². The number of thioether (sulfide) groups is 1. The van der Waals surface area contributed by atoms with E-state index in [0.717, 1.165) is 36.1 Å². The smallest absolute Gasteiger partial charge is 0.233 e. The van der Waals surface area contributed by atoms with Gasteiger partial charge in [0.2, 0.25) is 5.91 Å². The third kappa shape index (κ3) is 4.71. The average molecular weight is 441 g/mol. The van der Waals surface area contributed by atoms with E-state index in [9.17, 15) is 4.79 Å². The summed E-state index contributed by atoms with van der Waals surface area (Å²) in [6, 6.07) is 16.0. The first-order valence-electron chi connectivity index (χ1n) is 10.2. The maximum absolute atomic E-state index is 12.9. The maximum atomic E-state index is 12.9. The zero-order valence-corrected chi connectivity index (χ0v) is 18.8. The summed E-state index contributed by atoms with van der Waals surface area (Å²) >= 11 is 7.49. The second kappa shape index (κ2) is 9.23. The molecule has 0 bridgehead atoms. The van der Waals surface area contributed by atoms with Crippen LogP contribution in [0.4, 0.5) is 0 Å². The van der Waals surface area contributed by atoms with E-state index in [1.807, 2.05) is 35.2 Å². The highest BCUT2D eigenvalue weighted by Crippen LogP contribution is 2.27. The standard InChI is InChI=1S/C23H25ClN4OS/c1-16(2)13-28-22(18-7-9-20(24)10-8-18)25-26-23(28)30-15-21(29)27-12-11-17-5-3-4-6-19(17)14-27/h3-10,16H,11-15H2,1-2H3. The zero-order valence-electron chi connectivity index (χ0n) is 17.2. The van der Waals surface area contributed by atoms with Crippen LogP contribution in [0.25, 0.3) is 11.4 Å². The first kappa shape index (κ1) is 20.9. The van der Waals surface area contributed by atoms with E-state index in [1.165, 1.54) is 22.9 Å². The Morgan fingerprint density at radius 2 is 1.83 bits per heavy atom. The van der Waals surface area contributed by atoms with Gasteiger partial charge in [-0.05, 0) is 47.7 Å². The molecule has 1 aliphatic heterocycles. The lowest BCUT2D eigenvalue weighted by molar-refractivity contribution is -0.129. The van der Waals surface area contributed by atoms with Crippen molar-refractivity contribution >= 4 is 29.3 Å². The third-order valence-corrected chi connectivity index (χ3v) is 6.38. The predicted molar refractivity (Wildman–Crippen MR) is 122 cm³/mol. The van der Waals surface area contributed by atoms with Crippen LogP contribution in [0.5, 0.6) is 0 Å². The Hall–Kier alpha value is -2.31. The van der Waals surface area contributed by atoms with Crippen LogP contribution >= 0.6 is 23.4 Å². The van der Waals surface area contributed by atoms with E-state index in [2.05, 4.69) is 46.8 Å². The molecule has 1 amide bonds. The van der Waals surface area contributed by atoms with Crippen molar-refractivity contribution in [3.05, 3.63) is 64.7 Å². The Labute approximate surface area is 186 Å². The van der Waals surface area contributed by atoms with Gasteiger partial charge in [0.1, 0.15) is 0 Å². The van der Waals surface area contributed by atoms with Crippen molar-refractivity contribution in [1.82, 2.24) is 19.7 Å². The fourth-order valence-electron chi connectivity index (χ4n) is 3.66. The molecule has 0 saturated heterocycles. The second-order valence-corrected chi connectivity index (χ2v) is 9.32. The molecule has 0 unspecified atom stereocenters. The van der Waals surface area contributed by atoms with E-state index in [4.69, 9.17) is 11.6 Å². The molecule has 30 heavy (non-hydrogen) atoms. The number of rotatable bonds is 6. The van der Waals surface area contributed by atoms with Crippen LogP contribution in [0.1, 0.15) is 25.0 Å². The minimum Gasteiger partial charge on any atom is -0.337 e. The summed E-state index contributed by atoms with van der Waals surface area (Å²) in [7, 11) is 0. The Balaban J connectivity index is 1.48. The number of nitrogens with zero attached hydrogens (tertiary/aromatic N) is 4. The highest BCUT2D eigenvalue weighted by Gasteiger charge is 2.22. The molecule has 0 atom stereocenters. The predicted octanol–water partition coefficient (Wildman–Crippen LogP) is 4.93. The third-order valence-electron chi connectivity index (χ3n) is 5.18. The van der Waals surface area contributed by atoms with Crippen LogP contribution in [0.2, 0.25) is 5.02 Å². The number of fused-ring (bicyclic) bond motifs is 1. The van der Waals surface area contributed by atoms with Crippen molar-refractivity contribution < 1.29 is 4.79 Å². The Bertz CT molecular complexity index is 1030. The van der Waals surface area contributed by atoms with Gasteiger partial charge in [0, 0.05) is 30.2 Å². The van der Waals surface area contributed by atoms with Crippen LogP contribution < -0.4 is 0 Å². The molecule has 0 aliphatic carbocycles. The van der Waals surface area contributed by atoms with Gasteiger partial charge in [-0.1, -0.05) is 61.5 Å². The number of hydrogen-bond acceptors (Lipinski definition) is 4. The normalized spacial score (nSPS) is 13.5. The van der Waals surface area contributed by atoms with Gasteiger partial charge in [-0.3, -0.25) is 4.79 Å². The van der Waals surface area contributed by atoms with Crippen LogP contribution in [0, 0.1) is 5.92 Å². The molecular weight excluding hydrogens is 416 g/mol. The molecule has 2 heterocycles. The first-order chi connectivity index (χ1) is 14.5. The number of halogens is 1. The SMILES string of the molecule is CC(C)Cn1c(SCC(=O)N2CCc3ccccc3C2)nnc1-c1ccc(Cl)cc1. The molecule has 0 radical (unpaired) electrons. The molecule has 3 aromatic rings. The van der Waals surface area contributed by atoms with Crippen LogP contribution in [0.15, 0.2) is 53.7 Å². The van der Waals surface area contributed by atoms with E-state index in [0.29, 0.717) is 23.2 Å². The van der Waals surface area contributed by atoms with E-state index < -0.39 is 0 Å². The average Bonchev–Trinajstić information content (AvgIpc) is 3.14. The van der Waals surface area contributed by atoms with Crippen LogP contribution in [-0.2, 0) is 24.3 Å². The van der Waals surface area contributed by atoms with Gasteiger partial charge in [-0.2, -0.15) is 0 Å². The molecule has 1 aromatic heterocycles. The van der Waals surface area contributed by atoms with Gasteiger partial charge in [-0.15, -0.1) is 10.2 Å². The van der Waals surface area contributed by atoms with E-state index >= 15 is 0 Å². The summed E-state index contributed by atoms with van der Waals surface area (Å²) in [4.78, 5) is 14.8. The highest BCUT2D eigenvalue weighted by atomic mass is 35.5. The van der Waals surface area contributed by atoms with Crippen molar-refractivity contribution in [1.29, 1.82) is 0 Å². The lowest BCUT2D eigenvalue weighted by Gasteiger charge is -2.28. The summed E-state index contributed by atoms with van der Waals surface area (Å²) < 4.78 is 2.11. The largest absolute Gasteiger partial charge is 0.337 e. The minimum atomic E-state index is 0.140. The van der Waals surface area contributed by atoms with E-state index in [-0.39, 0.29) is 5.91 Å². The monoisotopic (exact) mass is 440 g/mol. The molecule has 5 nitrogen and oxygen atoms in total. The number of carbonyl (C=O) groups excluding carboxylic acids is 1. The van der Waals surface area contributed by atoms with Crippen molar-refractivity contribution in [2.75, 3.05) is 12.3 Å². The maximum Gasteiger partial charge on any atom is 0.233 e. The quantitative estimate of drug-likeness (QED) is 0.510. The van der Waals surface area contributed by atoms with Gasteiger partial charge < -0.3 is 9.47 Å². The summed E-state index contributed by atoms with van der Waals surface area (Å²) in [5.74, 6) is 1.74. The molecule has 0 spiro atoms. The lowest BCUT2D eigenvalue weighted by atomic mass is 10.00. The fraction of sp³-hybridized carbons (Fsp3) is 0.348. The first-order valence-corrected chi connectivity index (χ1v) is 11.5. The van der Waals surface area contributed by atoms with Crippen molar-refractivity contribution in [3.8, 4) is 11.4 Å². The molecule has 4 rings (SSSR count). The number of aromatic nitrogens is 3. The minimum absolute atomic E-state index is 0.140. The molecule has 1 aliphatic rings. The summed E-state index contributed by atoms with van der Waals surface area (Å²) in [6.45, 7) is 6.57. The molecule has 156 valence electrons. The van der Waals surface area contributed by atoms with Crippen molar-refractivity contribution in [2.45, 2.75) is 38.5 Å². The molecule has 0 fully saturated rings. The van der Waals surface area contributed by atoms with E-state index in [1.54, 1.807) is 0 Å². The molecule has 0 saturated carbocycles. The summed E-state index contributed by atoms with van der Waals surface area (Å²) in [6.07, 6.45) is 0.914. The van der Waals surface area contributed by atoms with Crippen LogP contribution in [0.3, 0.4) is 0 Å². The molecule has 7 heteroatoms. The number of amides is 1. The lowest BCUT2D eigenvalue weighted by Crippen LogP contribution is -2.37. The number of carbonyl (C=O) groups is 1. The topological polar surface area (TPSA) is 51.0 Å². The van der Waals surface area contributed by atoms with Crippen LogP contribution in [-0.4, -0.2) is 37.9 Å². The van der Waals surface area contributed by atoms with Gasteiger partial charge >= 0.3 is 0 Å². The highest BCUT2D eigenvalue weighted by molar-refractivity contribution is 7.99. The molecular formula is C23H25ClN4OS. The summed E-state index contributed by atoms with van der Waals surface area (Å²) in [5.41, 5.74) is 3.56. The zero-order chi connectivity index (χ0) is 21.1. The number of benzene rings is 2. The fourth-order valence-corrected chi connectivity index (χ4v) is 4.64. The summed E-state index contributed by atoms with van der Waals surface area (Å²) in [5, 5.41) is 10.3. The van der Waals surface area contributed by atoms with Crippen molar-refractivity contribution in [3.63, 3.8) is 0 Å². The Morgan fingerprint density at radius 1 is 1.10 bits per heavy atom. The van der Waals surface area contributed by atoms with Gasteiger partial charge in [0.05, 0.1) is 5.75 Å². The Kier molecular flexibility index (Phi) is 6.44.